The van der Waals surface area contributed by atoms with Gasteiger partial charge in [-0.15, -0.1) is 0 Å². The second-order valence-corrected chi connectivity index (χ2v) is 15.2. The molecule has 11 rings (SSSR count). The molecule has 0 amide bonds. The maximum Gasteiger partial charge on any atom is 0.135 e. The topological polar surface area (TPSA) is 16.4 Å². The first-order valence-corrected chi connectivity index (χ1v) is 20.5. The van der Waals surface area contributed by atoms with Gasteiger partial charge in [-0.3, -0.25) is 0 Å². The van der Waals surface area contributed by atoms with Gasteiger partial charge in [-0.05, 0) is 86.1 Å². The Kier molecular flexibility index (Phi) is 8.87. The van der Waals surface area contributed by atoms with Crippen LogP contribution in [0, 0.1) is 0 Å². The number of para-hydroxylation sites is 4. The van der Waals surface area contributed by atoms with E-state index < -0.39 is 0 Å². The van der Waals surface area contributed by atoms with E-state index in [2.05, 4.69) is 229 Å². The minimum Gasteiger partial charge on any atom is -0.456 e. The predicted molar refractivity (Wildman–Crippen MR) is 253 cm³/mol. The summed E-state index contributed by atoms with van der Waals surface area (Å²) >= 11 is 0. The first-order chi connectivity index (χ1) is 29.8. The quantitative estimate of drug-likeness (QED) is 0.153. The molecule has 0 atom stereocenters. The Labute approximate surface area is 349 Å². The van der Waals surface area contributed by atoms with Gasteiger partial charge in [-0.25, -0.2) is 0 Å². The summed E-state index contributed by atoms with van der Waals surface area (Å²) in [5.74, 6) is 0. The van der Waals surface area contributed by atoms with E-state index >= 15 is 0 Å². The summed E-state index contributed by atoms with van der Waals surface area (Å²) in [6.07, 6.45) is 0. The van der Waals surface area contributed by atoms with Crippen LogP contribution in [0.4, 0.5) is 17.1 Å². The van der Waals surface area contributed by atoms with Crippen molar-refractivity contribution in [2.24, 2.45) is 0 Å². The molecule has 282 valence electrons. The van der Waals surface area contributed by atoms with E-state index in [9.17, 15) is 0 Å². The summed E-state index contributed by atoms with van der Waals surface area (Å²) in [4.78, 5) is 2.48. The van der Waals surface area contributed by atoms with Crippen molar-refractivity contribution < 1.29 is 4.42 Å². The van der Waals surface area contributed by atoms with Gasteiger partial charge in [-0.1, -0.05) is 200 Å². The molecule has 0 saturated heterocycles. The van der Waals surface area contributed by atoms with Gasteiger partial charge < -0.3 is 9.32 Å². The zero-order valence-corrected chi connectivity index (χ0v) is 32.9. The molecule has 0 radical (unpaired) electrons. The van der Waals surface area contributed by atoms with E-state index in [4.69, 9.17) is 4.42 Å². The molecule has 0 N–H and O–H groups in total. The average Bonchev–Trinajstić information content (AvgIpc) is 3.70. The summed E-state index contributed by atoms with van der Waals surface area (Å²) in [6.45, 7) is 0. The molecule has 1 aromatic heterocycles. The largest absolute Gasteiger partial charge is 0.456 e. The zero-order chi connectivity index (χ0) is 39.8. The van der Waals surface area contributed by atoms with Crippen LogP contribution in [0.2, 0.25) is 0 Å². The second-order valence-electron chi connectivity index (χ2n) is 15.2. The van der Waals surface area contributed by atoms with Crippen molar-refractivity contribution >= 4 is 49.8 Å². The van der Waals surface area contributed by atoms with Crippen LogP contribution in [0.15, 0.2) is 241 Å². The van der Waals surface area contributed by atoms with E-state index in [1.165, 1.54) is 38.6 Å². The van der Waals surface area contributed by atoms with Crippen LogP contribution in [-0.4, -0.2) is 0 Å². The predicted octanol–water partition coefficient (Wildman–Crippen LogP) is 16.5. The van der Waals surface area contributed by atoms with Crippen molar-refractivity contribution in [3.05, 3.63) is 237 Å². The number of hydrogen-bond acceptors (Lipinski definition) is 2. The Hall–Kier alpha value is -7.94. The maximum absolute atomic E-state index is 6.29. The zero-order valence-electron chi connectivity index (χ0n) is 32.9. The van der Waals surface area contributed by atoms with Gasteiger partial charge in [0.25, 0.3) is 0 Å². The number of hydrogen-bond donors (Lipinski definition) is 0. The van der Waals surface area contributed by atoms with Crippen LogP contribution in [0.1, 0.15) is 0 Å². The average molecular weight is 766 g/mol. The fourth-order valence-electron chi connectivity index (χ4n) is 8.90. The highest BCUT2D eigenvalue weighted by atomic mass is 16.3. The Bertz CT molecular complexity index is 3300. The van der Waals surface area contributed by atoms with E-state index in [0.717, 1.165) is 66.8 Å². The summed E-state index contributed by atoms with van der Waals surface area (Å²) < 4.78 is 6.29. The van der Waals surface area contributed by atoms with Crippen LogP contribution in [-0.2, 0) is 0 Å². The minimum atomic E-state index is 0.883. The molecule has 2 nitrogen and oxygen atoms in total. The van der Waals surface area contributed by atoms with Gasteiger partial charge in [-0.2, -0.15) is 0 Å². The highest BCUT2D eigenvalue weighted by Gasteiger charge is 2.24. The molecule has 0 spiro atoms. The van der Waals surface area contributed by atoms with Crippen molar-refractivity contribution in [2.45, 2.75) is 0 Å². The third kappa shape index (κ3) is 6.23. The van der Waals surface area contributed by atoms with Gasteiger partial charge in [0.05, 0.1) is 17.1 Å². The second kappa shape index (κ2) is 15.1. The summed E-state index contributed by atoms with van der Waals surface area (Å²) in [5, 5.41) is 4.65. The molecule has 0 aliphatic heterocycles. The molecule has 0 aliphatic carbocycles. The van der Waals surface area contributed by atoms with Gasteiger partial charge >= 0.3 is 0 Å². The molecule has 11 aromatic rings. The minimum absolute atomic E-state index is 0.883. The number of furan rings is 1. The van der Waals surface area contributed by atoms with Gasteiger partial charge in [0.1, 0.15) is 11.2 Å². The third-order valence-corrected chi connectivity index (χ3v) is 11.7. The number of benzene rings is 10. The third-order valence-electron chi connectivity index (χ3n) is 11.7. The van der Waals surface area contributed by atoms with Crippen LogP contribution >= 0.6 is 0 Å². The Morgan fingerprint density at radius 3 is 1.42 bits per heavy atom. The lowest BCUT2D eigenvalue weighted by Crippen LogP contribution is -2.13. The molecule has 10 aromatic carbocycles. The molecule has 0 bridgehead atoms. The van der Waals surface area contributed by atoms with Crippen molar-refractivity contribution in [2.75, 3.05) is 4.90 Å². The van der Waals surface area contributed by atoms with E-state index in [0.29, 0.717) is 0 Å². The summed E-state index contributed by atoms with van der Waals surface area (Å²) in [6, 6.07) is 85.1. The molecule has 0 fully saturated rings. The molecule has 0 unspecified atom stereocenters. The molecule has 60 heavy (non-hydrogen) atoms. The van der Waals surface area contributed by atoms with E-state index in [1.807, 2.05) is 12.1 Å². The van der Waals surface area contributed by atoms with Crippen LogP contribution in [0.5, 0.6) is 0 Å². The molecule has 0 aliphatic rings. The van der Waals surface area contributed by atoms with Crippen molar-refractivity contribution in [3.63, 3.8) is 0 Å². The molecular formula is C58H39NO. The van der Waals surface area contributed by atoms with Crippen LogP contribution < -0.4 is 4.90 Å². The molecular weight excluding hydrogens is 727 g/mol. The lowest BCUT2D eigenvalue weighted by atomic mass is 9.90. The first-order valence-electron chi connectivity index (χ1n) is 20.5. The Balaban J connectivity index is 1.16. The Morgan fingerprint density at radius 1 is 0.267 bits per heavy atom. The lowest BCUT2D eigenvalue weighted by molar-refractivity contribution is 0.669. The monoisotopic (exact) mass is 765 g/mol. The van der Waals surface area contributed by atoms with Gasteiger partial charge in [0, 0.05) is 27.5 Å². The summed E-state index contributed by atoms with van der Waals surface area (Å²) in [5.41, 5.74) is 16.7. The van der Waals surface area contributed by atoms with E-state index in [1.54, 1.807) is 0 Å². The first kappa shape index (κ1) is 35.2. The van der Waals surface area contributed by atoms with E-state index in [-0.39, 0.29) is 0 Å². The highest BCUT2D eigenvalue weighted by Crippen LogP contribution is 2.49. The Morgan fingerprint density at radius 2 is 0.717 bits per heavy atom. The number of nitrogens with zero attached hydrogens (tertiary/aromatic N) is 1. The van der Waals surface area contributed by atoms with Gasteiger partial charge in [0.2, 0.25) is 0 Å². The SMILES string of the molecule is c1ccc(-c2ccc(-c3ccccc3N(c3ccccc3-c3ccc4oc5ccccc5c4c3)c3ccccc3-c3cccc4cccc(-c5ccccc5)c34)cc2)cc1. The molecule has 0 saturated carbocycles. The maximum atomic E-state index is 6.29. The lowest BCUT2D eigenvalue weighted by Gasteiger charge is -2.32. The number of rotatable bonds is 8. The highest BCUT2D eigenvalue weighted by molar-refractivity contribution is 6.10. The molecule has 1 heterocycles. The van der Waals surface area contributed by atoms with Crippen LogP contribution in [0.25, 0.3) is 88.3 Å². The van der Waals surface area contributed by atoms with Crippen LogP contribution in [0.3, 0.4) is 0 Å². The molecule has 2 heteroatoms. The van der Waals surface area contributed by atoms with Crippen molar-refractivity contribution in [3.8, 4) is 55.6 Å². The van der Waals surface area contributed by atoms with Gasteiger partial charge in [0.15, 0.2) is 0 Å². The summed E-state index contributed by atoms with van der Waals surface area (Å²) in [7, 11) is 0. The number of fused-ring (bicyclic) bond motifs is 4. The fourth-order valence-corrected chi connectivity index (χ4v) is 8.90. The normalized spacial score (nSPS) is 11.3. The smallest absolute Gasteiger partial charge is 0.135 e. The number of anilines is 3. The fraction of sp³-hybridized carbons (Fsp3) is 0. The van der Waals surface area contributed by atoms with Crippen molar-refractivity contribution in [1.82, 2.24) is 0 Å². The van der Waals surface area contributed by atoms with Crippen molar-refractivity contribution in [1.29, 1.82) is 0 Å². The standard InChI is InChI=1S/C58H39NO/c1-3-17-40(18-4-1)41-33-35-43(36-34-41)46-23-7-11-29-53(46)59(54-30-12-8-24-47(54)45-37-38-57-52(39-45)50-26-10-14-32-56(50)60-57)55-31-13-9-25-49(55)51-28-16-22-44-21-15-27-48(58(44)51)42-19-5-2-6-20-42/h1-39H.